The second-order valence-corrected chi connectivity index (χ2v) is 7.66. The first-order valence-electron chi connectivity index (χ1n) is 8.15. The molecule has 0 spiro atoms. The van der Waals surface area contributed by atoms with Crippen LogP contribution in [0.5, 0.6) is 5.75 Å². The van der Waals surface area contributed by atoms with E-state index in [4.69, 9.17) is 32.7 Å². The lowest BCUT2D eigenvalue weighted by Crippen LogP contribution is -2.41. The van der Waals surface area contributed by atoms with Crippen LogP contribution >= 0.6 is 23.2 Å². The molecule has 7 heteroatoms. The summed E-state index contributed by atoms with van der Waals surface area (Å²) in [5, 5.41) is 0.902. The number of benzene rings is 1. The van der Waals surface area contributed by atoms with E-state index in [-0.39, 0.29) is 0 Å². The molecule has 0 saturated carbocycles. The van der Waals surface area contributed by atoms with E-state index in [2.05, 4.69) is 4.98 Å². The van der Waals surface area contributed by atoms with Gasteiger partial charge < -0.3 is 9.47 Å². The fourth-order valence-corrected chi connectivity index (χ4v) is 2.68. The van der Waals surface area contributed by atoms with Gasteiger partial charge in [-0.2, -0.15) is 0 Å². The molecule has 26 heavy (non-hydrogen) atoms. The predicted octanol–water partition coefficient (Wildman–Crippen LogP) is 5.30. The van der Waals surface area contributed by atoms with Crippen LogP contribution in [0.25, 0.3) is 0 Å². The second kappa shape index (κ2) is 8.60. The molecule has 2 aromatic rings. The van der Waals surface area contributed by atoms with E-state index in [0.717, 1.165) is 0 Å². The van der Waals surface area contributed by atoms with Crippen molar-refractivity contribution in [3.8, 4) is 5.75 Å². The number of allylic oxidation sites excluding steroid dienone is 1. The molecular weight excluding hydrogens is 375 g/mol. The molecule has 0 aliphatic heterocycles. The fourth-order valence-electron chi connectivity index (χ4n) is 2.36. The standard InChI is InChI=1S/C19H22Cl2N2O3/c1-5-6-16(24)26-17(19(2,3)4)18(23-10-9-22-12-23)25-15-11-13(20)7-8-14(15)21/h5-12,17-18H,1-4H3/b6-5-. The number of rotatable bonds is 6. The molecule has 1 aromatic carbocycles. The highest BCUT2D eigenvalue weighted by Crippen LogP contribution is 2.36. The van der Waals surface area contributed by atoms with Crippen molar-refractivity contribution in [2.45, 2.75) is 40.0 Å². The zero-order chi connectivity index (χ0) is 19.3. The van der Waals surface area contributed by atoms with Crippen molar-refractivity contribution in [2.75, 3.05) is 0 Å². The van der Waals surface area contributed by atoms with Crippen molar-refractivity contribution < 1.29 is 14.3 Å². The van der Waals surface area contributed by atoms with Crippen molar-refractivity contribution in [1.29, 1.82) is 0 Å². The quantitative estimate of drug-likeness (QED) is 0.490. The van der Waals surface area contributed by atoms with E-state index in [9.17, 15) is 4.79 Å². The zero-order valence-electron chi connectivity index (χ0n) is 15.1. The lowest BCUT2D eigenvalue weighted by atomic mass is 9.87. The van der Waals surface area contributed by atoms with Crippen molar-refractivity contribution in [1.82, 2.24) is 9.55 Å². The summed E-state index contributed by atoms with van der Waals surface area (Å²) in [6.07, 6.45) is 6.68. The number of halogens is 2. The Bertz CT molecular complexity index is 768. The smallest absolute Gasteiger partial charge is 0.330 e. The first kappa shape index (κ1) is 20.3. The normalized spacial score (nSPS) is 14.2. The minimum absolute atomic E-state index is 0.397. The number of hydrogen-bond acceptors (Lipinski definition) is 4. The molecule has 0 bridgehead atoms. The molecule has 0 aliphatic rings. The van der Waals surface area contributed by atoms with Gasteiger partial charge in [0.2, 0.25) is 6.23 Å². The molecular formula is C19H22Cl2N2O3. The Labute approximate surface area is 163 Å². The Morgan fingerprint density at radius 2 is 2.04 bits per heavy atom. The fraction of sp³-hybridized carbons (Fsp3) is 0.368. The third-order valence-corrected chi connectivity index (χ3v) is 4.17. The molecule has 0 fully saturated rings. The lowest BCUT2D eigenvalue weighted by Gasteiger charge is -2.36. The first-order chi connectivity index (χ1) is 12.2. The molecule has 0 amide bonds. The van der Waals surface area contributed by atoms with Crippen LogP contribution in [0, 0.1) is 5.41 Å². The van der Waals surface area contributed by atoms with Crippen LogP contribution in [0.2, 0.25) is 10.0 Å². The van der Waals surface area contributed by atoms with Gasteiger partial charge in [0.25, 0.3) is 0 Å². The summed E-state index contributed by atoms with van der Waals surface area (Å²) in [7, 11) is 0. The summed E-state index contributed by atoms with van der Waals surface area (Å²) in [5.41, 5.74) is -0.419. The molecule has 2 rings (SSSR count). The van der Waals surface area contributed by atoms with Gasteiger partial charge in [0.15, 0.2) is 6.10 Å². The van der Waals surface area contributed by atoms with Crippen LogP contribution in [-0.2, 0) is 9.53 Å². The Hall–Kier alpha value is -1.98. The lowest BCUT2D eigenvalue weighted by molar-refractivity contribution is -0.162. The van der Waals surface area contributed by atoms with Crippen LogP contribution in [0.3, 0.4) is 0 Å². The number of carbonyl (C=O) groups excluding carboxylic acids is 1. The van der Waals surface area contributed by atoms with Gasteiger partial charge in [0, 0.05) is 35.0 Å². The van der Waals surface area contributed by atoms with Crippen LogP contribution in [-0.4, -0.2) is 21.6 Å². The second-order valence-electron chi connectivity index (χ2n) is 6.82. The molecule has 2 unspecified atom stereocenters. The Morgan fingerprint density at radius 3 is 2.62 bits per heavy atom. The van der Waals surface area contributed by atoms with Crippen molar-refractivity contribution in [2.24, 2.45) is 5.41 Å². The highest BCUT2D eigenvalue weighted by Gasteiger charge is 2.38. The molecule has 1 aromatic heterocycles. The van der Waals surface area contributed by atoms with Gasteiger partial charge >= 0.3 is 5.97 Å². The van der Waals surface area contributed by atoms with E-state index in [1.807, 2.05) is 20.8 Å². The van der Waals surface area contributed by atoms with Crippen LogP contribution < -0.4 is 4.74 Å². The molecule has 0 radical (unpaired) electrons. The SMILES string of the molecule is C/C=C\C(=O)OC(C(Oc1cc(Cl)ccc1Cl)n1ccnc1)C(C)(C)C. The third kappa shape index (κ3) is 5.26. The Balaban J connectivity index is 2.44. The van der Waals surface area contributed by atoms with E-state index in [1.165, 1.54) is 6.08 Å². The van der Waals surface area contributed by atoms with Gasteiger partial charge in [-0.15, -0.1) is 0 Å². The Kier molecular flexibility index (Phi) is 6.73. The first-order valence-corrected chi connectivity index (χ1v) is 8.90. The van der Waals surface area contributed by atoms with E-state index in [0.29, 0.717) is 15.8 Å². The molecule has 0 N–H and O–H groups in total. The summed E-state index contributed by atoms with van der Waals surface area (Å²) in [6, 6.07) is 4.96. The number of ether oxygens (including phenoxy) is 2. The zero-order valence-corrected chi connectivity index (χ0v) is 16.7. The largest absolute Gasteiger partial charge is 0.464 e. The number of aromatic nitrogens is 2. The monoisotopic (exact) mass is 396 g/mol. The van der Waals surface area contributed by atoms with E-state index >= 15 is 0 Å². The highest BCUT2D eigenvalue weighted by atomic mass is 35.5. The number of imidazole rings is 1. The van der Waals surface area contributed by atoms with Crippen molar-refractivity contribution in [3.63, 3.8) is 0 Å². The number of carbonyl (C=O) groups is 1. The Morgan fingerprint density at radius 1 is 1.31 bits per heavy atom. The molecule has 2 atom stereocenters. The van der Waals surface area contributed by atoms with Gasteiger partial charge in [0.05, 0.1) is 11.3 Å². The van der Waals surface area contributed by atoms with Gasteiger partial charge in [0.1, 0.15) is 5.75 Å². The van der Waals surface area contributed by atoms with Gasteiger partial charge in [-0.25, -0.2) is 9.78 Å². The summed E-state index contributed by atoms with van der Waals surface area (Å²) in [6.45, 7) is 7.65. The maximum absolute atomic E-state index is 12.1. The molecule has 1 heterocycles. The van der Waals surface area contributed by atoms with Gasteiger partial charge in [-0.3, -0.25) is 4.57 Å². The maximum Gasteiger partial charge on any atom is 0.330 e. The summed E-state index contributed by atoms with van der Waals surface area (Å²) in [5.74, 6) is -0.0486. The number of nitrogens with zero attached hydrogens (tertiary/aromatic N) is 2. The molecule has 0 aliphatic carbocycles. The topological polar surface area (TPSA) is 53.4 Å². The van der Waals surface area contributed by atoms with Crippen molar-refractivity contribution in [3.05, 3.63) is 59.1 Å². The van der Waals surface area contributed by atoms with Crippen LogP contribution in [0.1, 0.15) is 33.9 Å². The molecule has 5 nitrogen and oxygen atoms in total. The predicted molar refractivity (Wildman–Crippen MR) is 103 cm³/mol. The number of esters is 1. The third-order valence-electron chi connectivity index (χ3n) is 3.62. The van der Waals surface area contributed by atoms with E-state index in [1.54, 1.807) is 54.5 Å². The molecule has 140 valence electrons. The molecule has 0 saturated heterocycles. The number of hydrogen-bond donors (Lipinski definition) is 0. The average molecular weight is 397 g/mol. The summed E-state index contributed by atoms with van der Waals surface area (Å²) in [4.78, 5) is 16.2. The van der Waals surface area contributed by atoms with E-state index < -0.39 is 23.7 Å². The van der Waals surface area contributed by atoms with Crippen molar-refractivity contribution >= 4 is 29.2 Å². The van der Waals surface area contributed by atoms with Gasteiger partial charge in [-0.1, -0.05) is 50.0 Å². The summed E-state index contributed by atoms with van der Waals surface area (Å²) >= 11 is 12.3. The minimum atomic E-state index is -0.678. The summed E-state index contributed by atoms with van der Waals surface area (Å²) < 4.78 is 13.6. The minimum Gasteiger partial charge on any atom is -0.464 e. The van der Waals surface area contributed by atoms with Crippen LogP contribution in [0.15, 0.2) is 49.1 Å². The maximum atomic E-state index is 12.1. The van der Waals surface area contributed by atoms with Gasteiger partial charge in [-0.05, 0) is 19.1 Å². The highest BCUT2D eigenvalue weighted by molar-refractivity contribution is 6.34. The average Bonchev–Trinajstić information content (AvgIpc) is 3.07. The van der Waals surface area contributed by atoms with Crippen LogP contribution in [0.4, 0.5) is 0 Å².